The van der Waals surface area contributed by atoms with Gasteiger partial charge < -0.3 is 14.4 Å². The van der Waals surface area contributed by atoms with Gasteiger partial charge in [0.15, 0.2) is 4.80 Å². The highest BCUT2D eigenvalue weighted by Gasteiger charge is 2.33. The second-order valence-electron chi connectivity index (χ2n) is 9.21. The third kappa shape index (κ3) is 4.98. The van der Waals surface area contributed by atoms with Gasteiger partial charge in [0.2, 0.25) is 0 Å². The summed E-state index contributed by atoms with van der Waals surface area (Å²) in [5, 5.41) is 0. The molecule has 1 atom stereocenters. The molecule has 0 aliphatic carbocycles. The maximum absolute atomic E-state index is 13.7. The van der Waals surface area contributed by atoms with E-state index in [2.05, 4.69) is 34.2 Å². The topological polar surface area (TPSA) is 73.1 Å². The Hall–Kier alpha value is -3.65. The molecule has 0 N–H and O–H groups in total. The zero-order valence-corrected chi connectivity index (χ0v) is 22.2. The average molecular weight is 518 g/mol. The Bertz CT molecular complexity index is 1490. The van der Waals surface area contributed by atoms with E-state index in [0.29, 0.717) is 26.4 Å². The zero-order valence-electron chi connectivity index (χ0n) is 21.4. The van der Waals surface area contributed by atoms with Gasteiger partial charge in [-0.1, -0.05) is 35.6 Å². The maximum atomic E-state index is 13.7. The molecular weight excluding hydrogens is 486 g/mol. The number of carbonyl (C=O) groups is 1. The number of fused-ring (bicyclic) bond motifs is 1. The monoisotopic (exact) mass is 517 g/mol. The number of esters is 1. The molecule has 1 fully saturated rings. The van der Waals surface area contributed by atoms with Gasteiger partial charge in [0.25, 0.3) is 5.56 Å². The number of carbonyl (C=O) groups excluding carboxylic acids is 1. The molecule has 5 rings (SSSR count). The molecule has 0 bridgehead atoms. The zero-order chi connectivity index (χ0) is 25.9. The van der Waals surface area contributed by atoms with Crippen LogP contribution in [0.15, 0.2) is 69.6 Å². The lowest BCUT2D eigenvalue weighted by Crippen LogP contribution is -2.39. The molecule has 2 aromatic carbocycles. The van der Waals surface area contributed by atoms with Crippen molar-refractivity contribution in [3.63, 3.8) is 0 Å². The molecule has 1 aromatic heterocycles. The van der Waals surface area contributed by atoms with E-state index in [1.165, 1.54) is 36.3 Å². The highest BCUT2D eigenvalue weighted by Crippen LogP contribution is 2.31. The number of hydrogen-bond acceptors (Lipinski definition) is 7. The Morgan fingerprint density at radius 3 is 2.43 bits per heavy atom. The van der Waals surface area contributed by atoms with Crippen molar-refractivity contribution in [2.45, 2.75) is 39.2 Å². The summed E-state index contributed by atoms with van der Waals surface area (Å²) >= 11 is 1.33. The molecule has 192 valence electrons. The number of hydrogen-bond donors (Lipinski definition) is 0. The molecule has 37 heavy (non-hydrogen) atoms. The van der Waals surface area contributed by atoms with Crippen molar-refractivity contribution < 1.29 is 14.3 Å². The minimum atomic E-state index is -0.634. The van der Waals surface area contributed by atoms with Crippen molar-refractivity contribution in [3.8, 4) is 5.75 Å². The van der Waals surface area contributed by atoms with E-state index < -0.39 is 12.0 Å². The van der Waals surface area contributed by atoms with E-state index in [1.54, 1.807) is 25.5 Å². The largest absolute Gasteiger partial charge is 0.497 e. The van der Waals surface area contributed by atoms with Gasteiger partial charge in [-0.05, 0) is 74.6 Å². The summed E-state index contributed by atoms with van der Waals surface area (Å²) in [4.78, 5) is 34.4. The van der Waals surface area contributed by atoms with E-state index in [4.69, 9.17) is 9.47 Å². The molecule has 0 spiro atoms. The lowest BCUT2D eigenvalue weighted by molar-refractivity contribution is -0.139. The molecular formula is C29H31N3O4S. The van der Waals surface area contributed by atoms with Crippen molar-refractivity contribution in [2.24, 2.45) is 4.99 Å². The summed E-state index contributed by atoms with van der Waals surface area (Å²) in [6.45, 7) is 5.97. The minimum absolute atomic E-state index is 0.182. The first kappa shape index (κ1) is 25.0. The molecule has 0 amide bonds. The number of aromatic nitrogens is 1. The molecule has 0 radical (unpaired) electrons. The predicted molar refractivity (Wildman–Crippen MR) is 146 cm³/mol. The van der Waals surface area contributed by atoms with Crippen molar-refractivity contribution in [3.05, 3.63) is 90.6 Å². The number of benzene rings is 2. The van der Waals surface area contributed by atoms with Crippen LogP contribution in [0, 0.1) is 0 Å². The Labute approximate surface area is 220 Å². The number of methoxy groups -OCH3 is 1. The summed E-state index contributed by atoms with van der Waals surface area (Å²) in [6, 6.07) is 15.1. The summed E-state index contributed by atoms with van der Waals surface area (Å²) in [7, 11) is 1.60. The number of rotatable bonds is 6. The van der Waals surface area contributed by atoms with E-state index in [0.717, 1.165) is 24.2 Å². The van der Waals surface area contributed by atoms with E-state index >= 15 is 0 Å². The standard InChI is InChI=1S/C29H31N3O4S/c1-4-36-28(34)25-19(2)30-29-32(26(25)21-10-14-23(35-3)15-11-21)27(33)24(37-29)18-20-8-12-22(13-9-20)31-16-6-5-7-17-31/h8-15,18,26H,4-7,16-17H2,1-3H3/b24-18+/t26-/m0/s1. The van der Waals surface area contributed by atoms with E-state index in [-0.39, 0.29) is 12.2 Å². The van der Waals surface area contributed by atoms with Crippen molar-refractivity contribution in [1.82, 2.24) is 4.57 Å². The van der Waals surface area contributed by atoms with Crippen molar-refractivity contribution in [2.75, 3.05) is 31.7 Å². The summed E-state index contributed by atoms with van der Waals surface area (Å²) in [5.74, 6) is 0.231. The van der Waals surface area contributed by atoms with Crippen LogP contribution < -0.4 is 24.5 Å². The van der Waals surface area contributed by atoms with Crippen molar-refractivity contribution in [1.29, 1.82) is 0 Å². The normalized spacial score (nSPS) is 17.9. The molecule has 0 saturated carbocycles. The molecule has 2 aliphatic heterocycles. The fraction of sp³-hybridized carbons (Fsp3) is 0.345. The molecule has 1 saturated heterocycles. The molecule has 3 heterocycles. The van der Waals surface area contributed by atoms with Crippen LogP contribution in [-0.4, -0.2) is 37.3 Å². The van der Waals surface area contributed by atoms with E-state index in [1.807, 2.05) is 30.3 Å². The lowest BCUT2D eigenvalue weighted by Gasteiger charge is -2.28. The summed E-state index contributed by atoms with van der Waals surface area (Å²) in [6.07, 6.45) is 5.65. The first-order valence-corrected chi connectivity index (χ1v) is 13.5. The first-order valence-electron chi connectivity index (χ1n) is 12.7. The van der Waals surface area contributed by atoms with Gasteiger partial charge in [0, 0.05) is 18.8 Å². The first-order chi connectivity index (χ1) is 18.0. The van der Waals surface area contributed by atoms with Crippen LogP contribution in [0.3, 0.4) is 0 Å². The second kappa shape index (κ2) is 10.8. The number of nitrogens with zero attached hydrogens (tertiary/aromatic N) is 3. The lowest BCUT2D eigenvalue weighted by atomic mass is 9.96. The average Bonchev–Trinajstić information content (AvgIpc) is 3.23. The Kier molecular flexibility index (Phi) is 7.28. The molecule has 0 unspecified atom stereocenters. The number of thiazole rings is 1. The van der Waals surface area contributed by atoms with Gasteiger partial charge in [-0.15, -0.1) is 0 Å². The van der Waals surface area contributed by atoms with Crippen LogP contribution in [0.2, 0.25) is 0 Å². The highest BCUT2D eigenvalue weighted by atomic mass is 32.1. The van der Waals surface area contributed by atoms with Crippen LogP contribution in [0.25, 0.3) is 6.08 Å². The fourth-order valence-electron chi connectivity index (χ4n) is 4.98. The van der Waals surface area contributed by atoms with Gasteiger partial charge in [0.1, 0.15) is 5.75 Å². The van der Waals surface area contributed by atoms with Crippen LogP contribution in [-0.2, 0) is 9.53 Å². The third-order valence-corrected chi connectivity index (χ3v) is 7.84. The molecule has 8 heteroatoms. The number of allylic oxidation sites excluding steroid dienone is 1. The van der Waals surface area contributed by atoms with Gasteiger partial charge in [-0.3, -0.25) is 9.36 Å². The number of ether oxygens (including phenoxy) is 2. The summed E-state index contributed by atoms with van der Waals surface area (Å²) < 4.78 is 12.8. The van der Waals surface area contributed by atoms with Crippen LogP contribution >= 0.6 is 11.3 Å². The van der Waals surface area contributed by atoms with Gasteiger partial charge in [0.05, 0.1) is 35.6 Å². The van der Waals surface area contributed by atoms with Crippen LogP contribution in [0.1, 0.15) is 50.3 Å². The Balaban J connectivity index is 1.58. The molecule has 2 aliphatic rings. The predicted octanol–water partition coefficient (Wildman–Crippen LogP) is 3.80. The molecule has 3 aromatic rings. The maximum Gasteiger partial charge on any atom is 0.338 e. The molecule has 7 nitrogen and oxygen atoms in total. The van der Waals surface area contributed by atoms with Gasteiger partial charge in [-0.2, -0.15) is 0 Å². The van der Waals surface area contributed by atoms with Gasteiger partial charge in [-0.25, -0.2) is 9.79 Å². The SMILES string of the molecule is CCOC(=O)C1=C(C)N=c2s/c(=C/c3ccc(N4CCCCC4)cc3)c(=O)n2[C@H]1c1ccc(OC)cc1. The smallest absolute Gasteiger partial charge is 0.338 e. The van der Waals surface area contributed by atoms with Crippen molar-refractivity contribution >= 4 is 29.1 Å². The number of piperidine rings is 1. The fourth-order valence-corrected chi connectivity index (χ4v) is 6.02. The summed E-state index contributed by atoms with van der Waals surface area (Å²) in [5.41, 5.74) is 3.70. The van der Waals surface area contributed by atoms with Crippen LogP contribution in [0.4, 0.5) is 5.69 Å². The number of anilines is 1. The Morgan fingerprint density at radius 2 is 1.78 bits per heavy atom. The van der Waals surface area contributed by atoms with E-state index in [9.17, 15) is 9.59 Å². The van der Waals surface area contributed by atoms with Gasteiger partial charge >= 0.3 is 5.97 Å². The Morgan fingerprint density at radius 1 is 1.08 bits per heavy atom. The highest BCUT2D eigenvalue weighted by molar-refractivity contribution is 7.07. The van der Waals surface area contributed by atoms with Crippen LogP contribution in [0.5, 0.6) is 5.75 Å². The quantitative estimate of drug-likeness (QED) is 0.465. The third-order valence-electron chi connectivity index (χ3n) is 6.86. The second-order valence-corrected chi connectivity index (χ2v) is 10.2. The minimum Gasteiger partial charge on any atom is -0.497 e.